The Hall–Kier alpha value is -0.360. The van der Waals surface area contributed by atoms with Gasteiger partial charge >= 0.3 is 0 Å². The Kier molecular flexibility index (Phi) is 7.14. The summed E-state index contributed by atoms with van der Waals surface area (Å²) in [6.45, 7) is 0.557. The van der Waals surface area contributed by atoms with Crippen LogP contribution in [0.1, 0.15) is 31.4 Å². The molecule has 1 aliphatic rings. The fourth-order valence-corrected chi connectivity index (χ4v) is 2.78. The molecule has 2 rings (SSSR count). The summed E-state index contributed by atoms with van der Waals surface area (Å²) in [6.07, 6.45) is 3.75. The largest absolute Gasteiger partial charge is 0.338 e. The van der Waals surface area contributed by atoms with Gasteiger partial charge in [-0.1, -0.05) is 12.8 Å². The van der Waals surface area contributed by atoms with E-state index in [9.17, 15) is 4.79 Å². The van der Waals surface area contributed by atoms with E-state index in [4.69, 9.17) is 5.73 Å². The molecule has 1 amide bonds. The van der Waals surface area contributed by atoms with E-state index in [1.54, 1.807) is 28.8 Å². The molecule has 0 radical (unpaired) electrons. The van der Waals surface area contributed by atoms with E-state index in [0.29, 0.717) is 6.54 Å². The van der Waals surface area contributed by atoms with Gasteiger partial charge < -0.3 is 10.6 Å². The van der Waals surface area contributed by atoms with Gasteiger partial charge in [0.15, 0.2) is 0 Å². The number of likely N-dealkylation sites (N-methyl/N-ethyl adjacent to an activating group) is 1. The van der Waals surface area contributed by atoms with Crippen molar-refractivity contribution in [2.24, 2.45) is 5.73 Å². The normalized spacial score (nSPS) is 16.6. The van der Waals surface area contributed by atoms with Crippen molar-refractivity contribution >= 4 is 42.1 Å². The summed E-state index contributed by atoms with van der Waals surface area (Å²) in [7, 11) is 1.80. The fourth-order valence-electron chi connectivity index (χ4n) is 2.23. The van der Waals surface area contributed by atoms with Crippen LogP contribution in [0.3, 0.4) is 0 Å². The topological polar surface area (TPSA) is 59.2 Å². The van der Waals surface area contributed by atoms with Crippen LogP contribution in [0.25, 0.3) is 0 Å². The Morgan fingerprint density at radius 3 is 2.61 bits per heavy atom. The fraction of sp³-hybridized carbons (Fsp3) is 0.636. The highest BCUT2D eigenvalue weighted by Crippen LogP contribution is 2.29. The van der Waals surface area contributed by atoms with Crippen LogP contribution in [0.2, 0.25) is 0 Å². The molecule has 2 N–H and O–H groups in total. The first-order valence-corrected chi connectivity index (χ1v) is 6.48. The molecule has 4 nitrogen and oxygen atoms in total. The van der Waals surface area contributed by atoms with Gasteiger partial charge in [-0.05, 0) is 12.8 Å². The molecular formula is C11H19Cl2N3OS. The lowest BCUT2D eigenvalue weighted by atomic mass is 9.97. The van der Waals surface area contributed by atoms with Crippen LogP contribution in [0.4, 0.5) is 0 Å². The van der Waals surface area contributed by atoms with Crippen LogP contribution >= 0.6 is 36.2 Å². The summed E-state index contributed by atoms with van der Waals surface area (Å²) in [4.78, 5) is 18.0. The predicted molar refractivity (Wildman–Crippen MR) is 78.5 cm³/mol. The third-order valence-electron chi connectivity index (χ3n) is 3.15. The molecule has 7 heteroatoms. The maximum atomic E-state index is 12.2. The van der Waals surface area contributed by atoms with Gasteiger partial charge in [0.25, 0.3) is 0 Å². The van der Waals surface area contributed by atoms with Crippen molar-refractivity contribution < 1.29 is 4.79 Å². The number of nitrogens with zero attached hydrogens (tertiary/aromatic N) is 2. The predicted octanol–water partition coefficient (Wildman–Crippen LogP) is 2.22. The van der Waals surface area contributed by atoms with Crippen LogP contribution in [0.5, 0.6) is 0 Å². The number of thiazole rings is 1. The molecule has 0 aromatic carbocycles. The van der Waals surface area contributed by atoms with Gasteiger partial charge in [-0.3, -0.25) is 4.79 Å². The van der Waals surface area contributed by atoms with Crippen LogP contribution in [0, 0.1) is 0 Å². The summed E-state index contributed by atoms with van der Waals surface area (Å²) < 4.78 is 0. The highest BCUT2D eigenvalue weighted by atomic mass is 35.5. The Balaban J connectivity index is 0.00000144. The van der Waals surface area contributed by atoms with Crippen molar-refractivity contribution in [2.45, 2.75) is 37.8 Å². The second-order valence-corrected chi connectivity index (χ2v) is 5.22. The molecule has 0 saturated heterocycles. The summed E-state index contributed by atoms with van der Waals surface area (Å²) in [5.74, 6) is 0.0537. The minimum absolute atomic E-state index is 0. The van der Waals surface area contributed by atoms with E-state index in [1.807, 2.05) is 5.38 Å². The van der Waals surface area contributed by atoms with Crippen LogP contribution in [-0.4, -0.2) is 28.4 Å². The molecule has 0 unspecified atom stereocenters. The van der Waals surface area contributed by atoms with Gasteiger partial charge in [0.1, 0.15) is 0 Å². The van der Waals surface area contributed by atoms with Crippen LogP contribution in [0.15, 0.2) is 10.9 Å². The van der Waals surface area contributed by atoms with Gasteiger partial charge in [0.05, 0.1) is 23.3 Å². The number of carbonyl (C=O) groups excluding carboxylic acids is 1. The molecule has 1 heterocycles. The highest BCUT2D eigenvalue weighted by Gasteiger charge is 2.38. The van der Waals surface area contributed by atoms with E-state index in [1.165, 1.54) is 0 Å². The van der Waals surface area contributed by atoms with E-state index >= 15 is 0 Å². The van der Waals surface area contributed by atoms with Crippen LogP contribution < -0.4 is 5.73 Å². The number of rotatable bonds is 3. The summed E-state index contributed by atoms with van der Waals surface area (Å²) in [5, 5.41) is 1.96. The lowest BCUT2D eigenvalue weighted by Gasteiger charge is -2.28. The monoisotopic (exact) mass is 311 g/mol. The van der Waals surface area contributed by atoms with Crippen molar-refractivity contribution in [2.75, 3.05) is 7.05 Å². The van der Waals surface area contributed by atoms with Gasteiger partial charge in [-0.15, -0.1) is 36.2 Å². The van der Waals surface area contributed by atoms with Crippen molar-refractivity contribution in [3.8, 4) is 0 Å². The maximum Gasteiger partial charge on any atom is 0.242 e. The Labute approximate surface area is 124 Å². The number of hydrogen-bond acceptors (Lipinski definition) is 4. The lowest BCUT2D eigenvalue weighted by molar-refractivity contribution is -0.136. The average molecular weight is 312 g/mol. The molecule has 1 aromatic heterocycles. The molecule has 0 atom stereocenters. The zero-order valence-corrected chi connectivity index (χ0v) is 12.7. The molecule has 0 spiro atoms. The lowest BCUT2D eigenvalue weighted by Crippen LogP contribution is -2.52. The summed E-state index contributed by atoms with van der Waals surface area (Å²) >= 11 is 1.54. The average Bonchev–Trinajstić information content (AvgIpc) is 2.89. The second kappa shape index (κ2) is 7.28. The van der Waals surface area contributed by atoms with E-state index in [2.05, 4.69) is 4.98 Å². The van der Waals surface area contributed by atoms with Gasteiger partial charge in [-0.2, -0.15) is 0 Å². The molecule has 1 aromatic rings. The SMILES string of the molecule is CN(Cc1cscn1)C(=O)C1(N)CCCC1.Cl.Cl. The second-order valence-electron chi connectivity index (χ2n) is 4.50. The quantitative estimate of drug-likeness (QED) is 0.931. The van der Waals surface area contributed by atoms with Gasteiger partial charge in [0.2, 0.25) is 5.91 Å². The molecular weight excluding hydrogens is 293 g/mol. The molecule has 104 valence electrons. The molecule has 18 heavy (non-hydrogen) atoms. The van der Waals surface area contributed by atoms with Crippen molar-refractivity contribution in [1.82, 2.24) is 9.88 Å². The molecule has 0 aliphatic heterocycles. The van der Waals surface area contributed by atoms with E-state index < -0.39 is 5.54 Å². The highest BCUT2D eigenvalue weighted by molar-refractivity contribution is 7.07. The zero-order chi connectivity index (χ0) is 11.6. The smallest absolute Gasteiger partial charge is 0.242 e. The Bertz CT molecular complexity index is 366. The standard InChI is InChI=1S/C11H17N3OS.2ClH/c1-14(6-9-7-16-8-13-9)10(15)11(12)4-2-3-5-11;;/h7-8H,2-6,12H2,1H3;2*1H. The maximum absolute atomic E-state index is 12.2. The number of hydrogen-bond donors (Lipinski definition) is 1. The number of amides is 1. The van der Waals surface area contributed by atoms with Crippen molar-refractivity contribution in [1.29, 1.82) is 0 Å². The first kappa shape index (κ1) is 17.6. The third kappa shape index (κ3) is 3.82. The molecule has 1 fully saturated rings. The van der Waals surface area contributed by atoms with E-state index in [-0.39, 0.29) is 30.7 Å². The Morgan fingerprint density at radius 1 is 1.50 bits per heavy atom. The molecule has 0 bridgehead atoms. The zero-order valence-electron chi connectivity index (χ0n) is 10.3. The van der Waals surface area contributed by atoms with Gasteiger partial charge in [-0.25, -0.2) is 4.98 Å². The molecule has 1 aliphatic carbocycles. The third-order valence-corrected chi connectivity index (χ3v) is 3.79. The van der Waals surface area contributed by atoms with Crippen molar-refractivity contribution in [3.63, 3.8) is 0 Å². The number of nitrogens with two attached hydrogens (primary N) is 1. The Morgan fingerprint density at radius 2 is 2.11 bits per heavy atom. The number of aromatic nitrogens is 1. The minimum atomic E-state index is -0.620. The van der Waals surface area contributed by atoms with E-state index in [0.717, 1.165) is 31.4 Å². The van der Waals surface area contributed by atoms with Gasteiger partial charge in [0, 0.05) is 12.4 Å². The summed E-state index contributed by atoms with van der Waals surface area (Å²) in [5.41, 5.74) is 8.22. The number of carbonyl (C=O) groups is 1. The van der Waals surface area contributed by atoms with Crippen LogP contribution in [-0.2, 0) is 11.3 Å². The summed E-state index contributed by atoms with van der Waals surface area (Å²) in [6, 6.07) is 0. The minimum Gasteiger partial charge on any atom is -0.338 e. The van der Waals surface area contributed by atoms with Crippen molar-refractivity contribution in [3.05, 3.63) is 16.6 Å². The first-order chi connectivity index (χ1) is 7.62. The number of halogens is 2. The molecule has 1 saturated carbocycles. The first-order valence-electron chi connectivity index (χ1n) is 5.53.